The summed E-state index contributed by atoms with van der Waals surface area (Å²) in [6.45, 7) is 0. The molecule has 0 spiro atoms. The zero-order valence-corrected chi connectivity index (χ0v) is 77.5. The van der Waals surface area contributed by atoms with E-state index >= 15 is 0 Å². The molecule has 0 radical (unpaired) electrons. The van der Waals surface area contributed by atoms with Crippen LogP contribution in [0.2, 0.25) is 0 Å². The van der Waals surface area contributed by atoms with E-state index in [4.69, 9.17) is 28.8 Å². The molecule has 31 aromatic rings. The van der Waals surface area contributed by atoms with Gasteiger partial charge in [0.1, 0.15) is 51.8 Å². The Labute approximate surface area is 817 Å². The summed E-state index contributed by atoms with van der Waals surface area (Å²) in [5.74, 6) is 2.56. The van der Waals surface area contributed by atoms with Crippen molar-refractivity contribution in [1.29, 1.82) is 0 Å². The van der Waals surface area contributed by atoms with Gasteiger partial charge in [0.15, 0.2) is 17.2 Å². The van der Waals surface area contributed by atoms with E-state index in [0.717, 1.165) is 159 Å². The summed E-state index contributed by atoms with van der Waals surface area (Å²) < 4.78 is 28.7. The van der Waals surface area contributed by atoms with Gasteiger partial charge in [-0.05, 0) is 240 Å². The summed E-state index contributed by atoms with van der Waals surface area (Å²) in [6, 6.07) is 157. The topological polar surface area (TPSA) is 132 Å². The minimum absolute atomic E-state index is 0.675. The van der Waals surface area contributed by atoms with E-state index in [1.165, 1.54) is 109 Å². The number of rotatable bonds is 11. The van der Waals surface area contributed by atoms with Crippen molar-refractivity contribution < 1.29 is 8.83 Å². The molecule has 14 nitrogen and oxygen atoms in total. The standard InChI is InChI=1S/C46H28N4O2.2C40H24N4S/c1-2-10-31(11-3-1)49(33-23-25-43-38(27-33)35-13-5-8-16-41(35)51-43)32-21-18-29(19-22-32)30-20-24-40-37(26-30)34-12-4-7-15-39(34)50(40)46-45-44(47-28-48-46)36-14-6-9-17-42(36)52-45;1-2-10-27(11-3-1)43-33-15-7-4-12-28(33)31-22-25(18-20-35(31)43)26-19-21-36-32(23-26)29-13-5-8-16-34(29)44(36)40-39-38(41-24-42-40)30-14-6-9-17-37(30)45-39;1-2-9-27(10-3-1)43-32-13-6-4-11-28(32)30-23-25(16-18-34(30)43)26-17-19-35-31(24-26)29-12-5-7-14-33(29)44(35)38-21-20-37-40(42-38)39-36(45-37)15-8-22-41-39/h1-28H;2*1-24H. The second-order valence-electron chi connectivity index (χ2n) is 36.0. The van der Waals surface area contributed by atoms with E-state index in [0.29, 0.717) is 5.58 Å². The third kappa shape index (κ3) is 12.9. The minimum atomic E-state index is 0.675. The molecule has 0 saturated heterocycles. The van der Waals surface area contributed by atoms with Crippen molar-refractivity contribution in [3.63, 3.8) is 0 Å². The number of para-hydroxylation sites is 10. The first-order chi connectivity index (χ1) is 70.4. The molecule has 0 amide bonds. The average molecular weight is 1850 g/mol. The molecule has 0 aliphatic carbocycles. The van der Waals surface area contributed by atoms with Gasteiger partial charge in [0.05, 0.1) is 74.8 Å². The molecule has 0 unspecified atom stereocenters. The predicted molar refractivity (Wildman–Crippen MR) is 589 cm³/mol. The van der Waals surface area contributed by atoms with Crippen molar-refractivity contribution in [2.45, 2.75) is 0 Å². The fourth-order valence-electron chi connectivity index (χ4n) is 21.8. The van der Waals surface area contributed by atoms with Crippen LogP contribution in [-0.4, -0.2) is 52.7 Å². The van der Waals surface area contributed by atoms with Crippen molar-refractivity contribution in [3.05, 3.63) is 462 Å². The van der Waals surface area contributed by atoms with Crippen LogP contribution >= 0.6 is 22.7 Å². The first kappa shape index (κ1) is 80.5. The number of fused-ring (bicyclic) bond motifs is 27. The number of aromatic nitrogens is 11. The molecule has 0 N–H and O–H groups in total. The summed E-state index contributed by atoms with van der Waals surface area (Å²) in [6.07, 6.45) is 5.18. The van der Waals surface area contributed by atoms with E-state index in [-0.39, 0.29) is 0 Å². The third-order valence-corrected chi connectivity index (χ3v) is 30.4. The number of hydrogen-bond donors (Lipinski definition) is 0. The highest BCUT2D eigenvalue weighted by molar-refractivity contribution is 7.26. The lowest BCUT2D eigenvalue weighted by Gasteiger charge is -2.25. The van der Waals surface area contributed by atoms with Crippen LogP contribution < -0.4 is 4.90 Å². The maximum absolute atomic E-state index is 6.37. The Morgan fingerprint density at radius 1 is 0.211 bits per heavy atom. The molecule has 0 aliphatic rings. The number of furan rings is 2. The van der Waals surface area contributed by atoms with Crippen molar-refractivity contribution in [2.24, 2.45) is 0 Å². The van der Waals surface area contributed by atoms with Gasteiger partial charge in [0.2, 0.25) is 0 Å². The second-order valence-corrected chi connectivity index (χ2v) is 38.1. The van der Waals surface area contributed by atoms with Gasteiger partial charge in [0, 0.05) is 115 Å². The van der Waals surface area contributed by atoms with Crippen LogP contribution in [0.15, 0.2) is 471 Å². The first-order valence-corrected chi connectivity index (χ1v) is 49.1. The second kappa shape index (κ2) is 32.5. The summed E-state index contributed by atoms with van der Waals surface area (Å²) in [5, 5.41) is 16.5. The Hall–Kier alpha value is -18.7. The molecule has 13 heterocycles. The van der Waals surface area contributed by atoms with Crippen molar-refractivity contribution in [1.82, 2.24) is 52.7 Å². The SMILES string of the molecule is c1ccc(-n2c3ccccc3c3cc(-c4ccc5c(c4)c4ccccc4n5-c4ccc5sc6cccnc6c5n4)ccc32)cc1.c1ccc(-n2c3ccccc3c3cc(-c4ccc5c(c4)c4ccccc4n5-c4ncnc5c4sc4ccccc45)ccc32)cc1.c1ccc(N(c2ccc(-c3ccc4c(c3)c3ccccc3n4-c3ncnc4c3oc3ccccc34)cc2)c2ccc3oc4ccccc4c3c2)cc1. The lowest BCUT2D eigenvalue weighted by atomic mass is 10.0. The Kier molecular flexibility index (Phi) is 18.4. The van der Waals surface area contributed by atoms with E-state index in [9.17, 15) is 0 Å². The molecule has 142 heavy (non-hydrogen) atoms. The normalized spacial score (nSPS) is 11.9. The maximum atomic E-state index is 6.37. The molecule has 664 valence electrons. The molecular formula is C126H76N12O2S2. The van der Waals surface area contributed by atoms with Crippen molar-refractivity contribution >= 4 is 234 Å². The van der Waals surface area contributed by atoms with Gasteiger partial charge in [-0.3, -0.25) is 18.7 Å². The van der Waals surface area contributed by atoms with Gasteiger partial charge in [0.25, 0.3) is 0 Å². The average Bonchev–Trinajstić information content (AvgIpc) is 1.58. The Morgan fingerprint density at radius 2 is 0.599 bits per heavy atom. The summed E-state index contributed by atoms with van der Waals surface area (Å²) in [5.41, 5.74) is 31.1. The zero-order valence-electron chi connectivity index (χ0n) is 75.9. The van der Waals surface area contributed by atoms with Gasteiger partial charge in [-0.2, -0.15) is 0 Å². The quantitative estimate of drug-likeness (QED) is 0.124. The summed E-state index contributed by atoms with van der Waals surface area (Å²) in [4.78, 5) is 31.1. The number of benzene rings is 18. The number of anilines is 3. The highest BCUT2D eigenvalue weighted by Gasteiger charge is 2.27. The molecule has 13 aromatic heterocycles. The van der Waals surface area contributed by atoms with Gasteiger partial charge in [-0.1, -0.05) is 237 Å². The van der Waals surface area contributed by atoms with E-state index in [1.54, 1.807) is 35.3 Å². The molecule has 0 aliphatic heterocycles. The van der Waals surface area contributed by atoms with Crippen LogP contribution in [-0.2, 0) is 0 Å². The van der Waals surface area contributed by atoms with E-state index < -0.39 is 0 Å². The number of nitrogens with zero attached hydrogens (tertiary/aromatic N) is 12. The number of thiophene rings is 2. The Balaban J connectivity index is 0.000000102. The largest absolute Gasteiger partial charge is 0.456 e. The van der Waals surface area contributed by atoms with Crippen LogP contribution in [0.4, 0.5) is 17.1 Å². The monoisotopic (exact) mass is 1850 g/mol. The van der Waals surface area contributed by atoms with Gasteiger partial charge < -0.3 is 22.9 Å². The first-order valence-electron chi connectivity index (χ1n) is 47.5. The lowest BCUT2D eigenvalue weighted by Crippen LogP contribution is -2.09. The summed E-state index contributed by atoms with van der Waals surface area (Å²) >= 11 is 3.50. The van der Waals surface area contributed by atoms with Crippen LogP contribution in [0, 0.1) is 0 Å². The van der Waals surface area contributed by atoms with Crippen molar-refractivity contribution in [3.8, 4) is 62.2 Å². The molecular weight excluding hydrogens is 1780 g/mol. The van der Waals surface area contributed by atoms with Crippen LogP contribution in [0.1, 0.15) is 0 Å². The lowest BCUT2D eigenvalue weighted by molar-refractivity contribution is 0.662. The highest BCUT2D eigenvalue weighted by Crippen LogP contribution is 2.48. The smallest absolute Gasteiger partial charge is 0.197 e. The third-order valence-electron chi connectivity index (χ3n) is 28.1. The fourth-order valence-corrected chi connectivity index (χ4v) is 23.9. The van der Waals surface area contributed by atoms with Crippen LogP contribution in [0.3, 0.4) is 0 Å². The van der Waals surface area contributed by atoms with Gasteiger partial charge >= 0.3 is 0 Å². The maximum Gasteiger partial charge on any atom is 0.197 e. The predicted octanol–water partition coefficient (Wildman–Crippen LogP) is 33.9. The van der Waals surface area contributed by atoms with Crippen LogP contribution in [0.25, 0.3) is 256 Å². The summed E-state index contributed by atoms with van der Waals surface area (Å²) in [7, 11) is 0. The molecule has 0 bridgehead atoms. The zero-order chi connectivity index (χ0) is 93.1. The highest BCUT2D eigenvalue weighted by atomic mass is 32.1. The molecule has 0 fully saturated rings. The molecule has 18 aromatic carbocycles. The van der Waals surface area contributed by atoms with Gasteiger partial charge in [-0.15, -0.1) is 22.7 Å². The molecule has 31 rings (SSSR count). The minimum Gasteiger partial charge on any atom is -0.456 e. The molecule has 0 atom stereocenters. The molecule has 16 heteroatoms. The molecule has 0 saturated carbocycles. The number of hydrogen-bond acceptors (Lipinski definition) is 11. The van der Waals surface area contributed by atoms with Crippen LogP contribution in [0.5, 0.6) is 0 Å². The van der Waals surface area contributed by atoms with E-state index in [1.807, 2.05) is 48.7 Å². The van der Waals surface area contributed by atoms with Gasteiger partial charge in [-0.25, -0.2) is 24.9 Å². The van der Waals surface area contributed by atoms with E-state index in [2.05, 4.69) is 438 Å². The number of pyridine rings is 2. The van der Waals surface area contributed by atoms with Crippen molar-refractivity contribution in [2.75, 3.05) is 4.90 Å². The Morgan fingerprint density at radius 3 is 1.15 bits per heavy atom. The Bertz CT molecular complexity index is 10600. The fraction of sp³-hybridized carbons (Fsp3) is 0.